The number of pyridine rings is 3. The molecule has 168 valence electrons. The maximum absolute atomic E-state index is 4.67. The molecule has 3 N–H and O–H groups in total. The fourth-order valence-corrected chi connectivity index (χ4v) is 5.09. The van der Waals surface area contributed by atoms with Crippen LogP contribution in [0, 0.1) is 6.92 Å². The fraction of sp³-hybridized carbons (Fsp3) is 0.154. The van der Waals surface area contributed by atoms with Crippen LogP contribution in [0.3, 0.4) is 0 Å². The van der Waals surface area contributed by atoms with Gasteiger partial charge in [0.05, 0.1) is 22.0 Å². The molecule has 0 amide bonds. The van der Waals surface area contributed by atoms with E-state index in [0.29, 0.717) is 6.04 Å². The summed E-state index contributed by atoms with van der Waals surface area (Å²) in [6, 6.07) is 12.9. The summed E-state index contributed by atoms with van der Waals surface area (Å²) in [6.45, 7) is 6.33. The lowest BCUT2D eigenvalue weighted by Gasteiger charge is -2.10. The molecule has 0 fully saturated rings. The predicted molar refractivity (Wildman–Crippen MR) is 139 cm³/mol. The van der Waals surface area contributed by atoms with Crippen molar-refractivity contribution in [3.63, 3.8) is 0 Å². The number of H-pyrrole nitrogens is 2. The van der Waals surface area contributed by atoms with Crippen LogP contribution in [0.25, 0.3) is 55.0 Å². The van der Waals surface area contributed by atoms with Gasteiger partial charge in [-0.1, -0.05) is 0 Å². The third kappa shape index (κ3) is 3.62. The zero-order valence-electron chi connectivity index (χ0n) is 19.0. The Morgan fingerprint density at radius 2 is 1.79 bits per heavy atom. The largest absolute Gasteiger partial charge is 0.382 e. The number of fused-ring (bicyclic) bond motifs is 2. The maximum atomic E-state index is 4.67. The van der Waals surface area contributed by atoms with Crippen molar-refractivity contribution in [1.82, 2.24) is 30.1 Å². The Morgan fingerprint density at radius 3 is 2.62 bits per heavy atom. The number of rotatable bonds is 5. The van der Waals surface area contributed by atoms with E-state index in [0.717, 1.165) is 60.7 Å². The van der Waals surface area contributed by atoms with Crippen LogP contribution < -0.4 is 5.32 Å². The molecule has 0 aliphatic heterocycles. The van der Waals surface area contributed by atoms with E-state index in [1.54, 1.807) is 11.3 Å². The van der Waals surface area contributed by atoms with Gasteiger partial charge in [-0.25, -0.2) is 4.98 Å². The van der Waals surface area contributed by atoms with Gasteiger partial charge < -0.3 is 10.3 Å². The molecule has 34 heavy (non-hydrogen) atoms. The van der Waals surface area contributed by atoms with E-state index in [-0.39, 0.29) is 0 Å². The lowest BCUT2D eigenvalue weighted by molar-refractivity contribution is 0.898. The molecule has 6 rings (SSSR count). The molecule has 0 spiro atoms. The minimum Gasteiger partial charge on any atom is -0.382 e. The number of hydrogen-bond donors (Lipinski definition) is 3. The fourth-order valence-electron chi connectivity index (χ4n) is 4.22. The molecule has 0 aromatic carbocycles. The van der Waals surface area contributed by atoms with Gasteiger partial charge in [-0.05, 0) is 57.2 Å². The van der Waals surface area contributed by atoms with Gasteiger partial charge in [0.2, 0.25) is 0 Å². The van der Waals surface area contributed by atoms with Crippen LogP contribution in [0.1, 0.15) is 18.7 Å². The number of aromatic amines is 2. The molecular formula is C26H23N7S. The first-order valence-corrected chi connectivity index (χ1v) is 12.0. The van der Waals surface area contributed by atoms with Gasteiger partial charge in [0.1, 0.15) is 5.69 Å². The molecule has 0 bridgehead atoms. The number of nitrogens with zero attached hydrogens (tertiary/aromatic N) is 4. The van der Waals surface area contributed by atoms with Crippen LogP contribution in [0.4, 0.5) is 5.69 Å². The zero-order valence-corrected chi connectivity index (χ0v) is 19.9. The Morgan fingerprint density at radius 1 is 0.912 bits per heavy atom. The number of anilines is 1. The molecule has 6 heterocycles. The normalized spacial score (nSPS) is 11.6. The average molecular weight is 466 g/mol. The second kappa shape index (κ2) is 8.07. The molecule has 8 heteroatoms. The molecule has 0 atom stereocenters. The van der Waals surface area contributed by atoms with Crippen molar-refractivity contribution in [3.8, 4) is 33.1 Å². The number of nitrogens with one attached hydrogen (secondary N) is 3. The molecule has 6 aromatic heterocycles. The summed E-state index contributed by atoms with van der Waals surface area (Å²) in [5, 5.41) is 13.1. The van der Waals surface area contributed by atoms with E-state index >= 15 is 0 Å². The molecule has 0 radical (unpaired) electrons. The molecule has 6 aromatic rings. The average Bonchev–Trinajstić information content (AvgIpc) is 3.55. The summed E-state index contributed by atoms with van der Waals surface area (Å²) in [5.74, 6) is 0. The van der Waals surface area contributed by atoms with Gasteiger partial charge in [-0.3, -0.25) is 15.1 Å². The van der Waals surface area contributed by atoms with E-state index in [2.05, 4.69) is 86.6 Å². The molecule has 0 unspecified atom stereocenters. The highest BCUT2D eigenvalue weighted by atomic mass is 32.1. The van der Waals surface area contributed by atoms with Crippen LogP contribution in [0.15, 0.2) is 61.2 Å². The van der Waals surface area contributed by atoms with E-state index in [9.17, 15) is 0 Å². The van der Waals surface area contributed by atoms with Crippen LogP contribution in [0.5, 0.6) is 0 Å². The summed E-state index contributed by atoms with van der Waals surface area (Å²) >= 11 is 1.75. The van der Waals surface area contributed by atoms with Crippen LogP contribution in [-0.2, 0) is 0 Å². The van der Waals surface area contributed by atoms with Crippen LogP contribution in [0.2, 0.25) is 0 Å². The first-order chi connectivity index (χ1) is 16.5. The highest BCUT2D eigenvalue weighted by Crippen LogP contribution is 2.36. The topological polar surface area (TPSA) is 95.2 Å². The molecular weight excluding hydrogens is 442 g/mol. The minimum absolute atomic E-state index is 0.331. The molecule has 0 aliphatic rings. The van der Waals surface area contributed by atoms with E-state index in [4.69, 9.17) is 0 Å². The van der Waals surface area contributed by atoms with Crippen LogP contribution in [-0.4, -0.2) is 36.2 Å². The highest BCUT2D eigenvalue weighted by Gasteiger charge is 2.16. The lowest BCUT2D eigenvalue weighted by atomic mass is 10.1. The SMILES string of the molecule is Cc1ccc(-c2nccc3[nH]c(-c4n[nH]c5ncc(-c6cncc(NC(C)C)c6)cc45)cc23)s1. The van der Waals surface area contributed by atoms with Crippen LogP contribution >= 0.6 is 11.3 Å². The highest BCUT2D eigenvalue weighted by molar-refractivity contribution is 7.15. The van der Waals surface area contributed by atoms with Crippen molar-refractivity contribution < 1.29 is 0 Å². The molecule has 7 nitrogen and oxygen atoms in total. The Kier molecular flexibility index (Phi) is 4.88. The number of hydrogen-bond acceptors (Lipinski definition) is 6. The number of aromatic nitrogens is 6. The first kappa shape index (κ1) is 20.6. The number of aryl methyl sites for hydroxylation is 1. The van der Waals surface area contributed by atoms with Crippen molar-refractivity contribution >= 4 is 39.0 Å². The zero-order chi connectivity index (χ0) is 23.2. The van der Waals surface area contributed by atoms with E-state index in [1.165, 1.54) is 4.88 Å². The van der Waals surface area contributed by atoms with Crippen molar-refractivity contribution in [3.05, 3.63) is 66.1 Å². The quantitative estimate of drug-likeness (QED) is 0.273. The molecule has 0 aliphatic carbocycles. The maximum Gasteiger partial charge on any atom is 0.155 e. The Hall–Kier alpha value is -4.04. The number of thiophene rings is 1. The Bertz CT molecular complexity index is 1640. The van der Waals surface area contributed by atoms with Gasteiger partial charge in [-0.15, -0.1) is 11.3 Å². The van der Waals surface area contributed by atoms with Crippen molar-refractivity contribution in [2.45, 2.75) is 26.8 Å². The van der Waals surface area contributed by atoms with E-state index < -0.39 is 0 Å². The van der Waals surface area contributed by atoms with E-state index in [1.807, 2.05) is 30.9 Å². The summed E-state index contributed by atoms with van der Waals surface area (Å²) in [4.78, 5) is 19.7. The van der Waals surface area contributed by atoms with Crippen molar-refractivity contribution in [2.75, 3.05) is 5.32 Å². The van der Waals surface area contributed by atoms with Gasteiger partial charge >= 0.3 is 0 Å². The summed E-state index contributed by atoms with van der Waals surface area (Å²) in [7, 11) is 0. The predicted octanol–water partition coefficient (Wildman–Crippen LogP) is 6.42. The second-order valence-electron chi connectivity index (χ2n) is 8.67. The third-order valence-corrected chi connectivity index (χ3v) is 6.73. The van der Waals surface area contributed by atoms with Gasteiger partial charge in [0.25, 0.3) is 0 Å². The molecule has 0 saturated carbocycles. The van der Waals surface area contributed by atoms with Gasteiger partial charge in [0.15, 0.2) is 5.65 Å². The lowest BCUT2D eigenvalue weighted by Crippen LogP contribution is -2.09. The first-order valence-electron chi connectivity index (χ1n) is 11.2. The standard InChI is InChI=1S/C26H23N7S/c1-14(2)30-18-8-16(11-27-13-18)17-9-20-24(32-33-26(20)29-12-17)22-10-19-21(31-22)6-7-28-25(19)23-5-4-15(3)34-23/h4-14,30-31H,1-3H3,(H,29,32,33). The Labute approximate surface area is 200 Å². The summed E-state index contributed by atoms with van der Waals surface area (Å²) < 4.78 is 0. The van der Waals surface area contributed by atoms with Gasteiger partial charge in [-0.2, -0.15) is 5.10 Å². The summed E-state index contributed by atoms with van der Waals surface area (Å²) in [6.07, 6.45) is 7.40. The summed E-state index contributed by atoms with van der Waals surface area (Å²) in [5.41, 5.74) is 7.49. The monoisotopic (exact) mass is 465 g/mol. The third-order valence-electron chi connectivity index (χ3n) is 5.72. The molecule has 0 saturated heterocycles. The van der Waals surface area contributed by atoms with Crippen molar-refractivity contribution in [1.29, 1.82) is 0 Å². The minimum atomic E-state index is 0.331. The second-order valence-corrected chi connectivity index (χ2v) is 9.96. The van der Waals surface area contributed by atoms with Crippen molar-refractivity contribution in [2.24, 2.45) is 0 Å². The van der Waals surface area contributed by atoms with Gasteiger partial charge in [0, 0.05) is 63.1 Å². The Balaban J connectivity index is 1.45. The smallest absolute Gasteiger partial charge is 0.155 e.